The van der Waals surface area contributed by atoms with Gasteiger partial charge in [-0.15, -0.1) is 0 Å². The normalized spacial score (nSPS) is 21.7. The van der Waals surface area contributed by atoms with E-state index in [2.05, 4.69) is 48.7 Å². The number of aliphatic hydroxyl groups is 1. The molecule has 0 aromatic heterocycles. The molecule has 1 saturated carbocycles. The van der Waals surface area contributed by atoms with Gasteiger partial charge in [-0.2, -0.15) is 0 Å². The summed E-state index contributed by atoms with van der Waals surface area (Å²) in [7, 11) is 0. The van der Waals surface area contributed by atoms with Crippen LogP contribution in [0.2, 0.25) is 0 Å². The molecule has 1 aromatic carbocycles. The quantitative estimate of drug-likeness (QED) is 0.753. The number of carbonyl (C=O) groups excluding carboxylic acids is 1. The molecule has 0 spiro atoms. The third-order valence-corrected chi connectivity index (χ3v) is 5.36. The van der Waals surface area contributed by atoms with Crippen molar-refractivity contribution in [3.63, 3.8) is 0 Å². The van der Waals surface area contributed by atoms with Crippen molar-refractivity contribution in [3.8, 4) is 0 Å². The second-order valence-electron chi connectivity index (χ2n) is 6.69. The summed E-state index contributed by atoms with van der Waals surface area (Å²) >= 11 is 0. The number of amides is 2. The number of aliphatic hydroxyl groups excluding tert-OH is 1. The van der Waals surface area contributed by atoms with E-state index >= 15 is 0 Å². The summed E-state index contributed by atoms with van der Waals surface area (Å²) in [5.74, 6) is 0. The van der Waals surface area contributed by atoms with E-state index in [4.69, 9.17) is 0 Å². The minimum atomic E-state index is -0.193. The molecule has 0 saturated heterocycles. The van der Waals surface area contributed by atoms with Crippen molar-refractivity contribution in [1.29, 1.82) is 0 Å². The minimum absolute atomic E-state index is 0.0125. The Hall–Kier alpha value is -1.55. The van der Waals surface area contributed by atoms with Gasteiger partial charge in [0.25, 0.3) is 0 Å². The van der Waals surface area contributed by atoms with Crippen LogP contribution in [0.25, 0.3) is 0 Å². The number of hydrogen-bond donors (Lipinski definition) is 3. The van der Waals surface area contributed by atoms with Crippen LogP contribution in [0.15, 0.2) is 30.3 Å². The van der Waals surface area contributed by atoms with Gasteiger partial charge < -0.3 is 15.7 Å². The molecule has 0 bridgehead atoms. The zero-order valence-electron chi connectivity index (χ0n) is 14.3. The van der Waals surface area contributed by atoms with Gasteiger partial charge in [0.2, 0.25) is 0 Å². The molecule has 0 unspecified atom stereocenters. The standard InChI is InChI=1S/C19H30N2O2/c1-3-19(4-2,15-8-6-5-7-9-15)14-20-18(23)21-16-10-12-17(22)13-11-16/h5-9,16-17,22H,3-4,10-14H2,1-2H3,(H2,20,21,23). The van der Waals surface area contributed by atoms with E-state index in [9.17, 15) is 9.90 Å². The highest BCUT2D eigenvalue weighted by atomic mass is 16.3. The van der Waals surface area contributed by atoms with Gasteiger partial charge >= 0.3 is 6.03 Å². The molecular weight excluding hydrogens is 288 g/mol. The molecule has 0 atom stereocenters. The number of hydrogen-bond acceptors (Lipinski definition) is 2. The highest BCUT2D eigenvalue weighted by molar-refractivity contribution is 5.74. The summed E-state index contributed by atoms with van der Waals surface area (Å²) in [6.07, 6.45) is 5.07. The Morgan fingerprint density at radius 1 is 1.13 bits per heavy atom. The Morgan fingerprint density at radius 3 is 2.30 bits per heavy atom. The molecule has 4 nitrogen and oxygen atoms in total. The molecule has 2 rings (SSSR count). The van der Waals surface area contributed by atoms with Crippen LogP contribution in [0.3, 0.4) is 0 Å². The van der Waals surface area contributed by atoms with E-state index in [0.717, 1.165) is 38.5 Å². The lowest BCUT2D eigenvalue weighted by molar-refractivity contribution is 0.117. The Morgan fingerprint density at radius 2 is 1.74 bits per heavy atom. The number of urea groups is 1. The van der Waals surface area contributed by atoms with E-state index in [0.29, 0.717) is 6.54 Å². The first-order valence-electron chi connectivity index (χ1n) is 8.87. The fraction of sp³-hybridized carbons (Fsp3) is 0.632. The number of nitrogens with one attached hydrogen (secondary N) is 2. The molecule has 0 aliphatic heterocycles. The Balaban J connectivity index is 1.90. The van der Waals surface area contributed by atoms with Gasteiger partial charge in [0.1, 0.15) is 0 Å². The van der Waals surface area contributed by atoms with Crippen molar-refractivity contribution >= 4 is 6.03 Å². The average molecular weight is 318 g/mol. The predicted octanol–water partition coefficient (Wildman–Crippen LogP) is 3.35. The Labute approximate surface area is 139 Å². The number of rotatable bonds is 6. The molecule has 0 radical (unpaired) electrons. The molecule has 0 heterocycles. The first-order chi connectivity index (χ1) is 11.1. The lowest BCUT2D eigenvalue weighted by atomic mass is 9.76. The van der Waals surface area contributed by atoms with Crippen molar-refractivity contribution in [3.05, 3.63) is 35.9 Å². The fourth-order valence-electron chi connectivity index (χ4n) is 3.51. The summed E-state index contributed by atoms with van der Waals surface area (Å²) in [5, 5.41) is 15.7. The Kier molecular flexibility index (Phi) is 6.46. The maximum absolute atomic E-state index is 12.2. The molecule has 3 N–H and O–H groups in total. The molecule has 4 heteroatoms. The average Bonchev–Trinajstić information content (AvgIpc) is 2.59. The lowest BCUT2D eigenvalue weighted by Gasteiger charge is -2.33. The van der Waals surface area contributed by atoms with Gasteiger partial charge in [0, 0.05) is 18.0 Å². The van der Waals surface area contributed by atoms with Gasteiger partial charge in [-0.1, -0.05) is 44.2 Å². The van der Waals surface area contributed by atoms with Crippen LogP contribution >= 0.6 is 0 Å². The number of benzene rings is 1. The monoisotopic (exact) mass is 318 g/mol. The van der Waals surface area contributed by atoms with E-state index < -0.39 is 0 Å². The third-order valence-electron chi connectivity index (χ3n) is 5.36. The highest BCUT2D eigenvalue weighted by Gasteiger charge is 2.29. The second kappa shape index (κ2) is 8.34. The molecule has 1 aliphatic rings. The maximum Gasteiger partial charge on any atom is 0.315 e. The summed E-state index contributed by atoms with van der Waals surface area (Å²) in [4.78, 5) is 12.2. The first kappa shape index (κ1) is 17.8. The SMILES string of the molecule is CCC(CC)(CNC(=O)NC1CCC(O)CC1)c1ccccc1. The van der Waals surface area contributed by atoms with Gasteiger partial charge in [-0.3, -0.25) is 0 Å². The fourth-order valence-corrected chi connectivity index (χ4v) is 3.51. The minimum Gasteiger partial charge on any atom is -0.393 e. The summed E-state index contributed by atoms with van der Waals surface area (Å²) < 4.78 is 0. The van der Waals surface area contributed by atoms with E-state index in [-0.39, 0.29) is 23.6 Å². The molecular formula is C19H30N2O2. The third kappa shape index (κ3) is 4.71. The zero-order valence-corrected chi connectivity index (χ0v) is 14.3. The van der Waals surface area contributed by atoms with Crippen LogP contribution < -0.4 is 10.6 Å². The largest absolute Gasteiger partial charge is 0.393 e. The predicted molar refractivity (Wildman–Crippen MR) is 93.5 cm³/mol. The van der Waals surface area contributed by atoms with Crippen LogP contribution in [0.5, 0.6) is 0 Å². The Bertz CT molecular complexity index is 477. The van der Waals surface area contributed by atoms with Crippen molar-refractivity contribution in [2.24, 2.45) is 0 Å². The molecule has 1 aromatic rings. The maximum atomic E-state index is 12.2. The molecule has 128 valence electrons. The summed E-state index contributed by atoms with van der Waals surface area (Å²) in [6.45, 7) is 5.00. The van der Waals surface area contributed by atoms with Gasteiger partial charge in [-0.05, 0) is 44.1 Å². The van der Waals surface area contributed by atoms with Crippen LogP contribution in [0.1, 0.15) is 57.9 Å². The smallest absolute Gasteiger partial charge is 0.315 e. The van der Waals surface area contributed by atoms with E-state index in [1.54, 1.807) is 0 Å². The van der Waals surface area contributed by atoms with Crippen molar-refractivity contribution in [1.82, 2.24) is 10.6 Å². The topological polar surface area (TPSA) is 61.4 Å². The second-order valence-corrected chi connectivity index (χ2v) is 6.69. The summed E-state index contributed by atoms with van der Waals surface area (Å²) in [5.41, 5.74) is 1.27. The molecule has 1 fully saturated rings. The van der Waals surface area contributed by atoms with Crippen LogP contribution in [0, 0.1) is 0 Å². The van der Waals surface area contributed by atoms with Crippen LogP contribution in [-0.2, 0) is 5.41 Å². The van der Waals surface area contributed by atoms with Crippen molar-refractivity contribution < 1.29 is 9.90 Å². The van der Waals surface area contributed by atoms with Crippen LogP contribution in [-0.4, -0.2) is 29.8 Å². The zero-order chi connectivity index (χ0) is 16.7. The van der Waals surface area contributed by atoms with Crippen LogP contribution in [0.4, 0.5) is 4.79 Å². The molecule has 1 aliphatic carbocycles. The van der Waals surface area contributed by atoms with Crippen molar-refractivity contribution in [2.75, 3.05) is 6.54 Å². The van der Waals surface area contributed by atoms with Gasteiger partial charge in [0.05, 0.1) is 6.10 Å². The van der Waals surface area contributed by atoms with E-state index in [1.807, 2.05) is 6.07 Å². The summed E-state index contributed by atoms with van der Waals surface area (Å²) in [6, 6.07) is 10.5. The van der Waals surface area contributed by atoms with Crippen molar-refractivity contribution in [2.45, 2.75) is 69.9 Å². The number of carbonyl (C=O) groups is 1. The first-order valence-corrected chi connectivity index (χ1v) is 8.87. The van der Waals surface area contributed by atoms with Gasteiger partial charge in [-0.25, -0.2) is 4.79 Å². The highest BCUT2D eigenvalue weighted by Crippen LogP contribution is 2.30. The molecule has 2 amide bonds. The molecule has 23 heavy (non-hydrogen) atoms. The van der Waals surface area contributed by atoms with E-state index in [1.165, 1.54) is 5.56 Å². The van der Waals surface area contributed by atoms with Gasteiger partial charge in [0.15, 0.2) is 0 Å². The lowest BCUT2D eigenvalue weighted by Crippen LogP contribution is -2.48.